The van der Waals surface area contributed by atoms with Crippen molar-refractivity contribution in [3.63, 3.8) is 0 Å². The Labute approximate surface area is 63.1 Å². The van der Waals surface area contributed by atoms with Crippen LogP contribution in [-0.2, 0) is 0 Å². The van der Waals surface area contributed by atoms with E-state index in [1.165, 1.54) is 19.0 Å². The molecule has 0 saturated carbocycles. The van der Waals surface area contributed by atoms with Gasteiger partial charge in [0.1, 0.15) is 6.33 Å². The zero-order valence-corrected chi connectivity index (χ0v) is 5.66. The van der Waals surface area contributed by atoms with E-state index in [-0.39, 0.29) is 0 Å². The molecule has 2 rings (SSSR count). The molecule has 0 bridgehead atoms. The quantitative estimate of drug-likeness (QED) is 0.548. The lowest BCUT2D eigenvalue weighted by molar-refractivity contribution is 0.416. The number of aromatic nitrogens is 4. The van der Waals surface area contributed by atoms with Gasteiger partial charge in [-0.3, -0.25) is 0 Å². The van der Waals surface area contributed by atoms with Crippen molar-refractivity contribution in [2.24, 2.45) is 0 Å². The Hall–Kier alpha value is -1.78. The SMILES string of the molecule is c1cncnc1.c1ncon1. The van der Waals surface area contributed by atoms with Crippen LogP contribution in [0.15, 0.2) is 42.0 Å². The first-order valence-corrected chi connectivity index (χ1v) is 2.89. The zero-order valence-electron chi connectivity index (χ0n) is 5.66. The molecule has 5 nitrogen and oxygen atoms in total. The molecule has 56 valence electrons. The Morgan fingerprint density at radius 3 is 1.91 bits per heavy atom. The van der Waals surface area contributed by atoms with E-state index < -0.39 is 0 Å². The van der Waals surface area contributed by atoms with E-state index in [1.807, 2.05) is 0 Å². The molecule has 5 heteroatoms. The summed E-state index contributed by atoms with van der Waals surface area (Å²) in [6, 6.07) is 1.78. The number of hydrogen-bond acceptors (Lipinski definition) is 5. The predicted octanol–water partition coefficient (Wildman–Crippen LogP) is 0.546. The molecule has 0 radical (unpaired) electrons. The first-order valence-electron chi connectivity index (χ1n) is 2.89. The largest absolute Gasteiger partial charge is 0.343 e. The highest BCUT2D eigenvalue weighted by Gasteiger charge is 1.61. The van der Waals surface area contributed by atoms with Crippen molar-refractivity contribution in [3.8, 4) is 0 Å². The highest BCUT2D eigenvalue weighted by Crippen LogP contribution is 1.66. The van der Waals surface area contributed by atoms with Gasteiger partial charge in [-0.25, -0.2) is 15.0 Å². The van der Waals surface area contributed by atoms with Crippen LogP contribution in [0.2, 0.25) is 0 Å². The van der Waals surface area contributed by atoms with E-state index in [1.54, 1.807) is 18.5 Å². The van der Waals surface area contributed by atoms with Crippen LogP contribution in [0.3, 0.4) is 0 Å². The summed E-state index contributed by atoms with van der Waals surface area (Å²) in [6.45, 7) is 0. The van der Waals surface area contributed by atoms with Crippen molar-refractivity contribution in [2.75, 3.05) is 0 Å². The average molecular weight is 150 g/mol. The lowest BCUT2D eigenvalue weighted by Crippen LogP contribution is -1.66. The van der Waals surface area contributed by atoms with Crippen LogP contribution in [0.4, 0.5) is 0 Å². The normalized spacial score (nSPS) is 8.00. The van der Waals surface area contributed by atoms with Gasteiger partial charge in [-0.15, -0.1) is 0 Å². The summed E-state index contributed by atoms with van der Waals surface area (Å²) in [7, 11) is 0. The molecule has 2 aromatic heterocycles. The molecular formula is C6H6N4O. The van der Waals surface area contributed by atoms with Gasteiger partial charge in [-0.05, 0) is 6.07 Å². The second-order valence-corrected chi connectivity index (χ2v) is 1.48. The highest BCUT2D eigenvalue weighted by atomic mass is 16.5. The molecule has 0 aliphatic carbocycles. The smallest absolute Gasteiger partial charge is 0.213 e. The minimum Gasteiger partial charge on any atom is -0.343 e. The van der Waals surface area contributed by atoms with Gasteiger partial charge in [0.25, 0.3) is 0 Å². The fourth-order valence-electron chi connectivity index (χ4n) is 0.389. The van der Waals surface area contributed by atoms with Gasteiger partial charge in [0, 0.05) is 12.4 Å². The summed E-state index contributed by atoms with van der Waals surface area (Å²) < 4.78 is 4.22. The Bertz CT molecular complexity index is 200. The molecule has 0 unspecified atom stereocenters. The van der Waals surface area contributed by atoms with Crippen LogP contribution >= 0.6 is 0 Å². The maximum Gasteiger partial charge on any atom is 0.213 e. The molecule has 0 atom stereocenters. The van der Waals surface area contributed by atoms with E-state index in [4.69, 9.17) is 0 Å². The summed E-state index contributed by atoms with van der Waals surface area (Å²) >= 11 is 0. The molecule has 0 N–H and O–H groups in total. The van der Waals surface area contributed by atoms with E-state index in [0.717, 1.165) is 0 Å². The Morgan fingerprint density at radius 1 is 0.909 bits per heavy atom. The molecule has 2 heterocycles. The summed E-state index contributed by atoms with van der Waals surface area (Å²) in [5, 5.41) is 3.24. The van der Waals surface area contributed by atoms with Crippen LogP contribution in [0.1, 0.15) is 0 Å². The molecule has 0 aliphatic heterocycles. The van der Waals surface area contributed by atoms with E-state index in [9.17, 15) is 0 Å². The van der Waals surface area contributed by atoms with Crippen LogP contribution in [0, 0.1) is 0 Å². The fraction of sp³-hybridized carbons (Fsp3) is 0. The van der Waals surface area contributed by atoms with Gasteiger partial charge < -0.3 is 4.52 Å². The third-order valence-corrected chi connectivity index (χ3v) is 0.760. The first kappa shape index (κ1) is 7.33. The summed E-state index contributed by atoms with van der Waals surface area (Å²) in [6.07, 6.45) is 7.47. The van der Waals surface area contributed by atoms with Crippen molar-refractivity contribution in [3.05, 3.63) is 37.5 Å². The van der Waals surface area contributed by atoms with Crippen molar-refractivity contribution in [2.45, 2.75) is 0 Å². The molecule has 0 aliphatic rings. The van der Waals surface area contributed by atoms with E-state index in [0.29, 0.717) is 0 Å². The average Bonchev–Trinajstić information content (AvgIpc) is 2.64. The van der Waals surface area contributed by atoms with Gasteiger partial charge in [-0.2, -0.15) is 0 Å². The molecular weight excluding hydrogens is 144 g/mol. The zero-order chi connectivity index (χ0) is 7.78. The van der Waals surface area contributed by atoms with Gasteiger partial charge in [0.15, 0.2) is 6.33 Å². The molecule has 0 fully saturated rings. The Morgan fingerprint density at radius 2 is 1.73 bits per heavy atom. The monoisotopic (exact) mass is 150 g/mol. The van der Waals surface area contributed by atoms with Crippen LogP contribution in [0.5, 0.6) is 0 Å². The van der Waals surface area contributed by atoms with Gasteiger partial charge in [0.2, 0.25) is 6.39 Å². The topological polar surface area (TPSA) is 64.7 Å². The van der Waals surface area contributed by atoms with Crippen molar-refractivity contribution in [1.29, 1.82) is 0 Å². The minimum atomic E-state index is 1.26. The maximum absolute atomic E-state index is 4.22. The number of hydrogen-bond donors (Lipinski definition) is 0. The standard InChI is InChI=1S/C4H4N2.C2H2N2O/c1-2-5-4-6-3-1;1-3-2-5-4-1/h1-4H;1-2H. The highest BCUT2D eigenvalue weighted by molar-refractivity contribution is 4.74. The lowest BCUT2D eigenvalue weighted by atomic mass is 10.7. The van der Waals surface area contributed by atoms with Gasteiger partial charge >= 0.3 is 0 Å². The summed E-state index contributed by atoms with van der Waals surface area (Å²) in [4.78, 5) is 10.8. The first-order chi connectivity index (χ1) is 5.50. The summed E-state index contributed by atoms with van der Waals surface area (Å²) in [5.74, 6) is 0. The van der Waals surface area contributed by atoms with E-state index >= 15 is 0 Å². The van der Waals surface area contributed by atoms with Crippen molar-refractivity contribution in [1.82, 2.24) is 20.1 Å². The van der Waals surface area contributed by atoms with Gasteiger partial charge in [0.05, 0.1) is 0 Å². The molecule has 11 heavy (non-hydrogen) atoms. The van der Waals surface area contributed by atoms with Crippen molar-refractivity contribution < 1.29 is 4.52 Å². The number of rotatable bonds is 0. The predicted molar refractivity (Wildman–Crippen MR) is 36.3 cm³/mol. The minimum absolute atomic E-state index is 1.26. The molecule has 0 aromatic carbocycles. The molecule has 0 saturated heterocycles. The second-order valence-electron chi connectivity index (χ2n) is 1.48. The van der Waals surface area contributed by atoms with Gasteiger partial charge in [-0.1, -0.05) is 5.16 Å². The Balaban J connectivity index is 0.000000112. The van der Waals surface area contributed by atoms with Crippen LogP contribution in [0.25, 0.3) is 0 Å². The van der Waals surface area contributed by atoms with E-state index in [2.05, 4.69) is 24.6 Å². The Kier molecular flexibility index (Phi) is 3.36. The third-order valence-electron chi connectivity index (χ3n) is 0.760. The maximum atomic E-state index is 4.22. The van der Waals surface area contributed by atoms with Crippen molar-refractivity contribution >= 4 is 0 Å². The molecule has 0 amide bonds. The second kappa shape index (κ2) is 5.04. The van der Waals surface area contributed by atoms with Crippen LogP contribution in [-0.4, -0.2) is 20.1 Å². The summed E-state index contributed by atoms with van der Waals surface area (Å²) in [5.41, 5.74) is 0. The molecule has 2 aromatic rings. The number of nitrogens with zero attached hydrogens (tertiary/aromatic N) is 4. The fourth-order valence-corrected chi connectivity index (χ4v) is 0.389. The third kappa shape index (κ3) is 3.74. The van der Waals surface area contributed by atoms with Crippen LogP contribution < -0.4 is 0 Å². The lowest BCUT2D eigenvalue weighted by Gasteiger charge is -1.70. The molecule has 0 spiro atoms.